The maximum atomic E-state index is 14.1. The van der Waals surface area contributed by atoms with Gasteiger partial charge in [0.25, 0.3) is 5.91 Å². The Morgan fingerprint density at radius 1 is 1.18 bits per heavy atom. The molecule has 0 saturated carbocycles. The lowest BCUT2D eigenvalue weighted by Gasteiger charge is -2.34. The van der Waals surface area contributed by atoms with Gasteiger partial charge in [0.1, 0.15) is 17.7 Å². The van der Waals surface area contributed by atoms with Gasteiger partial charge >= 0.3 is 0 Å². The molecule has 7 heteroatoms. The Morgan fingerprint density at radius 2 is 1.89 bits per heavy atom. The van der Waals surface area contributed by atoms with Gasteiger partial charge in [-0.2, -0.15) is 0 Å². The monoisotopic (exact) mass is 406 g/mol. The molecule has 0 aliphatic carbocycles. The zero-order valence-corrected chi connectivity index (χ0v) is 16.4. The largest absolute Gasteiger partial charge is 0.340 e. The second kappa shape index (κ2) is 8.27. The molecule has 2 amide bonds. The molecule has 1 N–H and O–H groups in total. The third-order valence-corrected chi connectivity index (χ3v) is 5.17. The summed E-state index contributed by atoms with van der Waals surface area (Å²) in [5, 5.41) is 3.01. The van der Waals surface area contributed by atoms with E-state index in [9.17, 15) is 18.4 Å². The minimum atomic E-state index is -0.860. The van der Waals surface area contributed by atoms with Gasteiger partial charge < -0.3 is 10.2 Å². The number of nitrogens with zero attached hydrogens (tertiary/aromatic N) is 1. The molecule has 0 spiro atoms. The number of hydrogen-bond donors (Lipinski definition) is 1. The van der Waals surface area contributed by atoms with Crippen molar-refractivity contribution in [2.24, 2.45) is 5.92 Å². The van der Waals surface area contributed by atoms with E-state index < -0.39 is 29.5 Å². The predicted octanol–water partition coefficient (Wildman–Crippen LogP) is 4.35. The summed E-state index contributed by atoms with van der Waals surface area (Å²) in [6.07, 6.45) is 0.994. The van der Waals surface area contributed by atoms with Crippen molar-refractivity contribution >= 4 is 29.1 Å². The number of carbonyl (C=O) groups is 2. The van der Waals surface area contributed by atoms with Crippen molar-refractivity contribution in [2.75, 3.05) is 11.4 Å². The Balaban J connectivity index is 1.89. The lowest BCUT2D eigenvalue weighted by Crippen LogP contribution is -2.52. The molecule has 4 nitrogen and oxygen atoms in total. The molecule has 0 fully saturated rings. The van der Waals surface area contributed by atoms with Crippen molar-refractivity contribution in [1.29, 1.82) is 0 Å². The summed E-state index contributed by atoms with van der Waals surface area (Å²) in [5.41, 5.74) is 0.811. The highest BCUT2D eigenvalue weighted by molar-refractivity contribution is 6.33. The molecule has 148 valence electrons. The summed E-state index contributed by atoms with van der Waals surface area (Å²) in [6, 6.07) is 7.68. The quantitative estimate of drug-likeness (QED) is 0.820. The van der Waals surface area contributed by atoms with E-state index in [1.165, 1.54) is 11.0 Å². The minimum Gasteiger partial charge on any atom is -0.340 e. The number of carbonyl (C=O) groups excluding carboxylic acids is 2. The smallest absolute Gasteiger partial charge is 0.253 e. The highest BCUT2D eigenvalue weighted by atomic mass is 35.5. The van der Waals surface area contributed by atoms with Gasteiger partial charge in [0.05, 0.1) is 16.3 Å². The molecule has 1 aliphatic heterocycles. The van der Waals surface area contributed by atoms with Crippen molar-refractivity contribution in [2.45, 2.75) is 32.7 Å². The third-order valence-electron chi connectivity index (χ3n) is 4.84. The van der Waals surface area contributed by atoms with Gasteiger partial charge in [-0.3, -0.25) is 9.59 Å². The number of amides is 2. The van der Waals surface area contributed by atoms with Gasteiger partial charge in [0.2, 0.25) is 5.91 Å². The van der Waals surface area contributed by atoms with Crippen LogP contribution in [0.5, 0.6) is 0 Å². The second-order valence-electron chi connectivity index (χ2n) is 7.15. The van der Waals surface area contributed by atoms with Crippen molar-refractivity contribution in [1.82, 2.24) is 5.32 Å². The fourth-order valence-electron chi connectivity index (χ4n) is 3.39. The van der Waals surface area contributed by atoms with Gasteiger partial charge in [-0.05, 0) is 37.0 Å². The first kappa shape index (κ1) is 20.3. The Labute approximate surface area is 167 Å². The molecule has 0 bridgehead atoms. The number of benzene rings is 2. The maximum absolute atomic E-state index is 14.1. The molecule has 28 heavy (non-hydrogen) atoms. The van der Waals surface area contributed by atoms with Crippen molar-refractivity contribution in [3.8, 4) is 0 Å². The fraction of sp³-hybridized carbons (Fsp3) is 0.333. The van der Waals surface area contributed by atoms with Crippen molar-refractivity contribution in [3.05, 3.63) is 64.2 Å². The normalized spacial score (nSPS) is 14.6. The molecule has 1 heterocycles. The zero-order chi connectivity index (χ0) is 20.4. The van der Waals surface area contributed by atoms with Gasteiger partial charge in [0, 0.05) is 18.2 Å². The Bertz CT molecular complexity index is 917. The minimum absolute atomic E-state index is 0.228. The standard InChI is InChI=1S/C21H21ClF2N2O2/c1-12(2)19(25-20(27)14-6-3-4-8-16(14)22)21(28)26-9-5-7-15-17(24)10-13(23)11-18(15)26/h3-4,6,8,10-12,19H,5,7,9H2,1-2H3,(H,25,27). The fourth-order valence-corrected chi connectivity index (χ4v) is 3.61. The van der Waals surface area contributed by atoms with Crippen LogP contribution in [0.2, 0.25) is 5.02 Å². The first-order valence-corrected chi connectivity index (χ1v) is 9.52. The van der Waals surface area contributed by atoms with Crippen LogP contribution >= 0.6 is 11.6 Å². The SMILES string of the molecule is CC(C)C(NC(=O)c1ccccc1Cl)C(=O)N1CCCc2c(F)cc(F)cc21. The first-order chi connectivity index (χ1) is 13.3. The van der Waals surface area contributed by atoms with E-state index in [1.807, 2.05) is 0 Å². The van der Waals surface area contributed by atoms with E-state index in [2.05, 4.69) is 5.32 Å². The highest BCUT2D eigenvalue weighted by Crippen LogP contribution is 2.31. The zero-order valence-electron chi connectivity index (χ0n) is 15.6. The number of nitrogens with one attached hydrogen (secondary N) is 1. The van der Waals surface area contributed by atoms with E-state index in [4.69, 9.17) is 11.6 Å². The Hall–Kier alpha value is -2.47. The van der Waals surface area contributed by atoms with Gasteiger partial charge in [-0.1, -0.05) is 37.6 Å². The highest BCUT2D eigenvalue weighted by Gasteiger charge is 2.33. The third kappa shape index (κ3) is 4.02. The molecule has 1 aliphatic rings. The van der Waals surface area contributed by atoms with Gasteiger partial charge in [0.15, 0.2) is 0 Å². The van der Waals surface area contributed by atoms with E-state index in [1.54, 1.807) is 38.1 Å². The van der Waals surface area contributed by atoms with Crippen LogP contribution in [-0.4, -0.2) is 24.4 Å². The number of fused-ring (bicyclic) bond motifs is 1. The predicted molar refractivity (Wildman–Crippen MR) is 105 cm³/mol. The number of rotatable bonds is 4. The average Bonchev–Trinajstić information content (AvgIpc) is 2.65. The number of anilines is 1. The van der Waals surface area contributed by atoms with E-state index in [0.29, 0.717) is 24.9 Å². The molecule has 0 radical (unpaired) electrons. The summed E-state index contributed by atoms with van der Waals surface area (Å²) in [6.45, 7) is 3.93. The summed E-state index contributed by atoms with van der Waals surface area (Å²) in [7, 11) is 0. The van der Waals surface area contributed by atoms with Crippen LogP contribution in [0.3, 0.4) is 0 Å². The lowest BCUT2D eigenvalue weighted by atomic mass is 9.97. The van der Waals surface area contributed by atoms with Gasteiger partial charge in [-0.25, -0.2) is 8.78 Å². The molecule has 1 atom stereocenters. The van der Waals surface area contributed by atoms with Crippen LogP contribution in [0, 0.1) is 17.6 Å². The summed E-state index contributed by atoms with van der Waals surface area (Å²) < 4.78 is 27.9. The Morgan fingerprint density at radius 3 is 2.57 bits per heavy atom. The van der Waals surface area contributed by atoms with E-state index in [0.717, 1.165) is 6.07 Å². The summed E-state index contributed by atoms with van der Waals surface area (Å²) >= 11 is 6.07. The maximum Gasteiger partial charge on any atom is 0.253 e. The van der Waals surface area contributed by atoms with Gasteiger partial charge in [-0.15, -0.1) is 0 Å². The molecule has 0 saturated heterocycles. The van der Waals surface area contributed by atoms with Crippen LogP contribution in [-0.2, 0) is 11.2 Å². The topological polar surface area (TPSA) is 49.4 Å². The van der Waals surface area contributed by atoms with Crippen LogP contribution in [0.4, 0.5) is 14.5 Å². The summed E-state index contributed by atoms with van der Waals surface area (Å²) in [4.78, 5) is 27.2. The first-order valence-electron chi connectivity index (χ1n) is 9.14. The van der Waals surface area contributed by atoms with Crippen LogP contribution in [0.1, 0.15) is 36.2 Å². The second-order valence-corrected chi connectivity index (χ2v) is 7.56. The van der Waals surface area contributed by atoms with E-state index >= 15 is 0 Å². The molecular formula is C21H21ClF2N2O2. The molecule has 2 aromatic rings. The molecule has 1 unspecified atom stereocenters. The molecule has 3 rings (SSSR count). The van der Waals surface area contributed by atoms with Crippen LogP contribution < -0.4 is 10.2 Å². The van der Waals surface area contributed by atoms with Crippen molar-refractivity contribution < 1.29 is 18.4 Å². The molecule has 2 aromatic carbocycles. The Kier molecular flexibility index (Phi) is 5.98. The number of hydrogen-bond acceptors (Lipinski definition) is 2. The van der Waals surface area contributed by atoms with Crippen LogP contribution in [0.25, 0.3) is 0 Å². The molecule has 0 aromatic heterocycles. The summed E-state index contributed by atoms with van der Waals surface area (Å²) in [5.74, 6) is -2.50. The molecular weight excluding hydrogens is 386 g/mol. The van der Waals surface area contributed by atoms with Crippen molar-refractivity contribution in [3.63, 3.8) is 0 Å². The number of halogens is 3. The van der Waals surface area contributed by atoms with Crippen LogP contribution in [0.15, 0.2) is 36.4 Å². The average molecular weight is 407 g/mol. The van der Waals surface area contributed by atoms with E-state index in [-0.39, 0.29) is 22.2 Å². The lowest BCUT2D eigenvalue weighted by molar-refractivity contribution is -0.121.